The van der Waals surface area contributed by atoms with E-state index in [2.05, 4.69) is 9.88 Å². The lowest BCUT2D eigenvalue weighted by Gasteiger charge is -2.27. The van der Waals surface area contributed by atoms with Gasteiger partial charge in [0, 0.05) is 24.5 Å². The topological polar surface area (TPSA) is 51.4 Å². The van der Waals surface area contributed by atoms with Gasteiger partial charge in [-0.25, -0.2) is 9.37 Å². The van der Waals surface area contributed by atoms with Gasteiger partial charge < -0.3 is 10.5 Å². The zero-order chi connectivity index (χ0) is 15.4. The molecule has 2 aromatic rings. The summed E-state index contributed by atoms with van der Waals surface area (Å²) in [6.45, 7) is 3.07. The number of hydrogen-bond donors (Lipinski definition) is 1. The van der Waals surface area contributed by atoms with Gasteiger partial charge in [-0.1, -0.05) is 6.07 Å². The van der Waals surface area contributed by atoms with Crippen LogP contribution in [0.25, 0.3) is 0 Å². The first-order valence-corrected chi connectivity index (χ1v) is 7.58. The van der Waals surface area contributed by atoms with Crippen LogP contribution in [0.3, 0.4) is 0 Å². The fourth-order valence-corrected chi connectivity index (χ4v) is 2.91. The highest BCUT2D eigenvalue weighted by Crippen LogP contribution is 2.25. The lowest BCUT2D eigenvalue weighted by Crippen LogP contribution is -2.30. The van der Waals surface area contributed by atoms with E-state index < -0.39 is 0 Å². The largest absolute Gasteiger partial charge is 0.494 e. The number of benzene rings is 1. The number of nitrogens with zero attached hydrogens (tertiary/aromatic N) is 2. The summed E-state index contributed by atoms with van der Waals surface area (Å²) in [5.74, 6) is -0.126. The van der Waals surface area contributed by atoms with E-state index >= 15 is 0 Å². The molecular formula is C15H20FN3OS. The molecule has 1 atom stereocenters. The number of aromatic nitrogens is 1. The van der Waals surface area contributed by atoms with E-state index in [4.69, 9.17) is 10.5 Å². The predicted molar refractivity (Wildman–Crippen MR) is 83.1 cm³/mol. The first-order valence-electron chi connectivity index (χ1n) is 6.70. The van der Waals surface area contributed by atoms with E-state index in [1.165, 1.54) is 13.2 Å². The summed E-state index contributed by atoms with van der Waals surface area (Å²) in [5, 5.41) is 3.08. The zero-order valence-electron chi connectivity index (χ0n) is 12.5. The maximum absolute atomic E-state index is 13.8. The molecule has 0 amide bonds. The van der Waals surface area contributed by atoms with Crippen molar-refractivity contribution in [2.45, 2.75) is 19.5 Å². The van der Waals surface area contributed by atoms with Crippen LogP contribution >= 0.6 is 11.3 Å². The van der Waals surface area contributed by atoms with Crippen molar-refractivity contribution in [3.05, 3.63) is 45.7 Å². The molecule has 1 heterocycles. The van der Waals surface area contributed by atoms with Crippen LogP contribution in [-0.2, 0) is 6.54 Å². The molecule has 0 aliphatic carbocycles. The van der Waals surface area contributed by atoms with Crippen LogP contribution in [0, 0.1) is 12.7 Å². The fraction of sp³-hybridized carbons (Fsp3) is 0.400. The molecule has 1 unspecified atom stereocenters. The van der Waals surface area contributed by atoms with E-state index in [-0.39, 0.29) is 17.6 Å². The summed E-state index contributed by atoms with van der Waals surface area (Å²) >= 11 is 1.62. The monoisotopic (exact) mass is 309 g/mol. The van der Waals surface area contributed by atoms with Crippen molar-refractivity contribution in [1.29, 1.82) is 0 Å². The molecule has 0 aliphatic heterocycles. The quantitative estimate of drug-likeness (QED) is 0.891. The minimum Gasteiger partial charge on any atom is -0.494 e. The summed E-state index contributed by atoms with van der Waals surface area (Å²) in [5.41, 5.74) is 7.72. The molecule has 6 heteroatoms. The van der Waals surface area contributed by atoms with Gasteiger partial charge in [0.1, 0.15) is 0 Å². The SMILES string of the molecule is COc1ccc(C(CN)N(C)Cc2csc(C)n2)cc1F. The van der Waals surface area contributed by atoms with Crippen molar-refractivity contribution in [2.75, 3.05) is 20.7 Å². The lowest BCUT2D eigenvalue weighted by atomic mass is 10.1. The Balaban J connectivity index is 2.16. The van der Waals surface area contributed by atoms with Gasteiger partial charge in [0.2, 0.25) is 0 Å². The van der Waals surface area contributed by atoms with Gasteiger partial charge in [0.15, 0.2) is 11.6 Å². The van der Waals surface area contributed by atoms with E-state index in [9.17, 15) is 4.39 Å². The molecule has 21 heavy (non-hydrogen) atoms. The standard InChI is InChI=1S/C15H20FN3OS/c1-10-18-12(9-21-10)8-19(2)14(7-17)11-4-5-15(20-3)13(16)6-11/h4-6,9,14H,7-8,17H2,1-3H3. The third-order valence-corrected chi connectivity index (χ3v) is 4.22. The molecule has 0 saturated heterocycles. The predicted octanol–water partition coefficient (Wildman–Crippen LogP) is 2.73. The normalized spacial score (nSPS) is 12.7. The first kappa shape index (κ1) is 15.9. The average Bonchev–Trinajstić information content (AvgIpc) is 2.85. The van der Waals surface area contributed by atoms with Gasteiger partial charge >= 0.3 is 0 Å². The molecular weight excluding hydrogens is 289 g/mol. The summed E-state index contributed by atoms with van der Waals surface area (Å²) in [7, 11) is 3.42. The number of thiazole rings is 1. The zero-order valence-corrected chi connectivity index (χ0v) is 13.3. The Morgan fingerprint density at radius 2 is 2.24 bits per heavy atom. The summed E-state index contributed by atoms with van der Waals surface area (Å²) in [4.78, 5) is 6.53. The molecule has 0 fully saturated rings. The summed E-state index contributed by atoms with van der Waals surface area (Å²) < 4.78 is 18.8. The first-order chi connectivity index (χ1) is 10.0. The van der Waals surface area contributed by atoms with Crippen LogP contribution in [0.15, 0.2) is 23.6 Å². The van der Waals surface area contributed by atoms with E-state index in [0.29, 0.717) is 13.1 Å². The molecule has 0 radical (unpaired) electrons. The Hall–Kier alpha value is -1.50. The maximum atomic E-state index is 13.8. The van der Waals surface area contributed by atoms with Crippen molar-refractivity contribution in [2.24, 2.45) is 5.73 Å². The minimum atomic E-state index is -0.369. The molecule has 0 aliphatic rings. The molecule has 2 rings (SSSR count). The Bertz CT molecular complexity index is 602. The number of hydrogen-bond acceptors (Lipinski definition) is 5. The molecule has 0 bridgehead atoms. The second kappa shape index (κ2) is 6.98. The van der Waals surface area contributed by atoms with Crippen molar-refractivity contribution in [1.82, 2.24) is 9.88 Å². The van der Waals surface area contributed by atoms with Crippen molar-refractivity contribution < 1.29 is 9.13 Å². The molecule has 1 aromatic heterocycles. The lowest BCUT2D eigenvalue weighted by molar-refractivity contribution is 0.238. The molecule has 114 valence electrons. The smallest absolute Gasteiger partial charge is 0.165 e. The Kier molecular flexibility index (Phi) is 5.27. The molecule has 4 nitrogen and oxygen atoms in total. The number of likely N-dealkylation sites (N-methyl/N-ethyl adjacent to an activating group) is 1. The van der Waals surface area contributed by atoms with Gasteiger partial charge in [0.25, 0.3) is 0 Å². The highest BCUT2D eigenvalue weighted by molar-refractivity contribution is 7.09. The van der Waals surface area contributed by atoms with Crippen LogP contribution in [0.5, 0.6) is 5.75 Å². The molecule has 0 spiro atoms. The number of nitrogens with two attached hydrogens (primary N) is 1. The second-order valence-electron chi connectivity index (χ2n) is 4.92. The third kappa shape index (κ3) is 3.78. The molecule has 2 N–H and O–H groups in total. The number of aryl methyl sites for hydroxylation is 1. The van der Waals surface area contributed by atoms with Crippen LogP contribution < -0.4 is 10.5 Å². The highest BCUT2D eigenvalue weighted by atomic mass is 32.1. The Morgan fingerprint density at radius 1 is 1.48 bits per heavy atom. The Labute approximate surface area is 128 Å². The van der Waals surface area contributed by atoms with Crippen molar-refractivity contribution in [3.63, 3.8) is 0 Å². The van der Waals surface area contributed by atoms with Gasteiger partial charge in [-0.3, -0.25) is 4.90 Å². The Morgan fingerprint density at radius 3 is 2.76 bits per heavy atom. The second-order valence-corrected chi connectivity index (χ2v) is 5.98. The van der Waals surface area contributed by atoms with Crippen LogP contribution in [-0.4, -0.2) is 30.6 Å². The van der Waals surface area contributed by atoms with E-state index in [1.54, 1.807) is 17.4 Å². The van der Waals surface area contributed by atoms with Gasteiger partial charge in [-0.2, -0.15) is 0 Å². The molecule has 1 aromatic carbocycles. The van der Waals surface area contributed by atoms with Crippen LogP contribution in [0.1, 0.15) is 22.3 Å². The number of halogens is 1. The average molecular weight is 309 g/mol. The summed E-state index contributed by atoms with van der Waals surface area (Å²) in [6.07, 6.45) is 0. The van der Waals surface area contributed by atoms with Crippen molar-refractivity contribution >= 4 is 11.3 Å². The number of ether oxygens (including phenoxy) is 1. The van der Waals surface area contributed by atoms with Crippen LogP contribution in [0.2, 0.25) is 0 Å². The maximum Gasteiger partial charge on any atom is 0.165 e. The number of rotatable bonds is 6. The third-order valence-electron chi connectivity index (χ3n) is 3.39. The van der Waals surface area contributed by atoms with Gasteiger partial charge in [0.05, 0.1) is 17.8 Å². The fourth-order valence-electron chi connectivity index (χ4n) is 2.31. The van der Waals surface area contributed by atoms with E-state index in [0.717, 1.165) is 16.3 Å². The van der Waals surface area contributed by atoms with Crippen LogP contribution in [0.4, 0.5) is 4.39 Å². The summed E-state index contributed by atoms with van der Waals surface area (Å²) in [6, 6.07) is 4.91. The van der Waals surface area contributed by atoms with E-state index in [1.807, 2.05) is 25.4 Å². The minimum absolute atomic E-state index is 0.0626. The number of methoxy groups -OCH3 is 1. The van der Waals surface area contributed by atoms with Gasteiger partial charge in [-0.05, 0) is 31.7 Å². The highest BCUT2D eigenvalue weighted by Gasteiger charge is 2.18. The van der Waals surface area contributed by atoms with Crippen molar-refractivity contribution in [3.8, 4) is 5.75 Å². The van der Waals surface area contributed by atoms with Gasteiger partial charge in [-0.15, -0.1) is 11.3 Å². The molecule has 0 saturated carbocycles.